The van der Waals surface area contributed by atoms with Gasteiger partial charge in [0.05, 0.1) is 0 Å². The molecule has 156 valence electrons. The van der Waals surface area contributed by atoms with Crippen LogP contribution in [0, 0.1) is 6.92 Å². The second-order valence-corrected chi connectivity index (χ2v) is 9.94. The van der Waals surface area contributed by atoms with Gasteiger partial charge in [-0.2, -0.15) is 0 Å². The molecule has 5 nitrogen and oxygen atoms in total. The van der Waals surface area contributed by atoms with Crippen LogP contribution in [0.25, 0.3) is 10.6 Å². The molecule has 1 N–H and O–H groups in total. The summed E-state index contributed by atoms with van der Waals surface area (Å²) < 4.78 is 18.0. The van der Waals surface area contributed by atoms with E-state index in [9.17, 15) is 9.00 Å². The molecule has 1 aliphatic rings. The number of carbonyl (C=O) groups is 1. The second-order valence-electron chi connectivity index (χ2n) is 7.36. The summed E-state index contributed by atoms with van der Waals surface area (Å²) in [4.78, 5) is 17.1. The zero-order valence-corrected chi connectivity index (χ0v) is 18.4. The van der Waals surface area contributed by atoms with E-state index < -0.39 is 10.8 Å². The molecule has 1 atom stereocenters. The molecular formula is C23H24N2O3S2. The first-order chi connectivity index (χ1) is 14.6. The third-order valence-electron chi connectivity index (χ3n) is 5.05. The molecule has 3 aromatic rings. The van der Waals surface area contributed by atoms with Crippen molar-refractivity contribution in [3.63, 3.8) is 0 Å². The Morgan fingerprint density at radius 1 is 1.20 bits per heavy atom. The Morgan fingerprint density at radius 3 is 2.67 bits per heavy atom. The zero-order valence-electron chi connectivity index (χ0n) is 16.8. The molecule has 0 saturated carbocycles. The molecule has 1 saturated heterocycles. The van der Waals surface area contributed by atoms with Crippen molar-refractivity contribution in [1.29, 1.82) is 0 Å². The van der Waals surface area contributed by atoms with Crippen molar-refractivity contribution in [2.24, 2.45) is 0 Å². The topological polar surface area (TPSA) is 68.3 Å². The number of aromatic nitrogens is 1. The summed E-state index contributed by atoms with van der Waals surface area (Å²) in [5.74, 6) is 0.329. The fourth-order valence-corrected chi connectivity index (χ4v) is 5.68. The minimum atomic E-state index is -0.931. The van der Waals surface area contributed by atoms with E-state index in [0.717, 1.165) is 34.7 Å². The van der Waals surface area contributed by atoms with Crippen LogP contribution < -0.4 is 5.32 Å². The molecule has 1 aromatic heterocycles. The molecule has 7 heteroatoms. The van der Waals surface area contributed by atoms with E-state index in [4.69, 9.17) is 4.74 Å². The second kappa shape index (κ2) is 9.64. The smallest absolute Gasteiger partial charge is 0.255 e. The van der Waals surface area contributed by atoms with E-state index in [1.165, 1.54) is 0 Å². The van der Waals surface area contributed by atoms with Crippen LogP contribution in [0.15, 0.2) is 53.9 Å². The summed E-state index contributed by atoms with van der Waals surface area (Å²) >= 11 is 1.59. The van der Waals surface area contributed by atoms with Crippen LogP contribution in [0.2, 0.25) is 0 Å². The Morgan fingerprint density at radius 2 is 1.97 bits per heavy atom. The summed E-state index contributed by atoms with van der Waals surface area (Å²) in [6.45, 7) is 3.34. The number of aryl methyl sites for hydroxylation is 1. The normalized spacial score (nSPS) is 15.6. The standard InChI is InChI=1S/C23H24N2O3S2/c1-16-14-29-23(24-16)19-7-5-18(6-8-19)22(26)25-20-4-2-3-17(13-20)15-30(27)21-9-11-28-12-10-21/h2-8,13-14,21H,9-12,15H2,1H3,(H,25,26). The predicted octanol–water partition coefficient (Wildman–Crippen LogP) is 4.80. The van der Waals surface area contributed by atoms with Crippen LogP contribution >= 0.6 is 11.3 Å². The molecule has 2 heterocycles. The maximum atomic E-state index is 12.6. The van der Waals surface area contributed by atoms with Crippen molar-refractivity contribution in [3.8, 4) is 10.6 Å². The van der Waals surface area contributed by atoms with Gasteiger partial charge in [0, 0.05) is 62.9 Å². The zero-order chi connectivity index (χ0) is 20.9. The van der Waals surface area contributed by atoms with Crippen molar-refractivity contribution in [1.82, 2.24) is 4.98 Å². The largest absolute Gasteiger partial charge is 0.381 e. The average Bonchev–Trinajstić information content (AvgIpc) is 3.21. The number of benzene rings is 2. The van der Waals surface area contributed by atoms with Crippen LogP contribution in [-0.4, -0.2) is 33.6 Å². The molecule has 1 fully saturated rings. The van der Waals surface area contributed by atoms with E-state index in [-0.39, 0.29) is 11.2 Å². The quantitative estimate of drug-likeness (QED) is 0.598. The molecule has 2 aromatic carbocycles. The van der Waals surface area contributed by atoms with Gasteiger partial charge in [-0.25, -0.2) is 4.98 Å². The first kappa shape index (κ1) is 20.9. The highest BCUT2D eigenvalue weighted by atomic mass is 32.2. The molecule has 0 spiro atoms. The molecule has 0 bridgehead atoms. The minimum absolute atomic E-state index is 0.167. The fourth-order valence-electron chi connectivity index (χ4n) is 3.41. The van der Waals surface area contributed by atoms with Gasteiger partial charge in [-0.3, -0.25) is 9.00 Å². The van der Waals surface area contributed by atoms with E-state index in [0.29, 0.717) is 30.2 Å². The van der Waals surface area contributed by atoms with Gasteiger partial charge in [-0.1, -0.05) is 24.3 Å². The third kappa shape index (κ3) is 5.22. The Bertz CT molecular complexity index is 1040. The van der Waals surface area contributed by atoms with Gasteiger partial charge < -0.3 is 10.1 Å². The van der Waals surface area contributed by atoms with Crippen molar-refractivity contribution >= 4 is 33.7 Å². The van der Waals surface area contributed by atoms with E-state index in [1.54, 1.807) is 11.3 Å². The monoisotopic (exact) mass is 440 g/mol. The molecule has 4 rings (SSSR count). The predicted molar refractivity (Wildman–Crippen MR) is 122 cm³/mol. The molecule has 0 aliphatic carbocycles. The molecule has 1 aliphatic heterocycles. The lowest BCUT2D eigenvalue weighted by molar-refractivity contribution is 0.0991. The van der Waals surface area contributed by atoms with Crippen LogP contribution in [0.1, 0.15) is 34.5 Å². The number of thiazole rings is 1. The van der Waals surface area contributed by atoms with Gasteiger partial charge in [0.1, 0.15) is 5.01 Å². The van der Waals surface area contributed by atoms with Gasteiger partial charge in [0.2, 0.25) is 0 Å². The van der Waals surface area contributed by atoms with Gasteiger partial charge in [0.15, 0.2) is 0 Å². The number of anilines is 1. The van der Waals surface area contributed by atoms with Crippen LogP contribution in [0.3, 0.4) is 0 Å². The first-order valence-electron chi connectivity index (χ1n) is 9.96. The molecule has 30 heavy (non-hydrogen) atoms. The molecular weight excluding hydrogens is 416 g/mol. The SMILES string of the molecule is Cc1csc(-c2ccc(C(=O)Nc3cccc(CS(=O)C4CCOCC4)c3)cc2)n1. The number of hydrogen-bond donors (Lipinski definition) is 1. The molecule has 1 amide bonds. The Labute approximate surface area is 183 Å². The maximum Gasteiger partial charge on any atom is 0.255 e. The van der Waals surface area contributed by atoms with Crippen molar-refractivity contribution in [2.75, 3.05) is 18.5 Å². The highest BCUT2D eigenvalue weighted by Gasteiger charge is 2.20. The third-order valence-corrected chi connectivity index (χ3v) is 7.89. The van der Waals surface area contributed by atoms with Gasteiger partial charge in [-0.15, -0.1) is 11.3 Å². The summed E-state index contributed by atoms with van der Waals surface area (Å²) in [6.07, 6.45) is 1.69. The van der Waals surface area contributed by atoms with E-state index in [2.05, 4.69) is 10.3 Å². The lowest BCUT2D eigenvalue weighted by atomic mass is 10.1. The molecule has 1 unspecified atom stereocenters. The summed E-state index contributed by atoms with van der Waals surface area (Å²) in [7, 11) is -0.931. The van der Waals surface area contributed by atoms with Crippen molar-refractivity contribution in [2.45, 2.75) is 30.8 Å². The summed E-state index contributed by atoms with van der Waals surface area (Å²) in [5, 5.41) is 6.10. The van der Waals surface area contributed by atoms with Gasteiger partial charge >= 0.3 is 0 Å². The fraction of sp³-hybridized carbons (Fsp3) is 0.304. The Balaban J connectivity index is 1.39. The number of hydrogen-bond acceptors (Lipinski definition) is 5. The number of carbonyl (C=O) groups excluding carboxylic acids is 1. The lowest BCUT2D eigenvalue weighted by Crippen LogP contribution is -2.25. The van der Waals surface area contributed by atoms with Crippen molar-refractivity contribution in [3.05, 3.63) is 70.7 Å². The number of nitrogens with one attached hydrogen (secondary N) is 1. The average molecular weight is 441 g/mol. The highest BCUT2D eigenvalue weighted by molar-refractivity contribution is 7.84. The minimum Gasteiger partial charge on any atom is -0.381 e. The van der Waals surface area contributed by atoms with Crippen molar-refractivity contribution < 1.29 is 13.7 Å². The maximum absolute atomic E-state index is 12.6. The van der Waals surface area contributed by atoms with Crippen LogP contribution in [-0.2, 0) is 21.3 Å². The van der Waals surface area contributed by atoms with Gasteiger partial charge in [-0.05, 0) is 49.6 Å². The van der Waals surface area contributed by atoms with Gasteiger partial charge in [0.25, 0.3) is 5.91 Å². The molecule has 0 radical (unpaired) electrons. The lowest BCUT2D eigenvalue weighted by Gasteiger charge is -2.21. The number of amides is 1. The number of rotatable bonds is 6. The van der Waals surface area contributed by atoms with Crippen LogP contribution in [0.5, 0.6) is 0 Å². The summed E-state index contributed by atoms with van der Waals surface area (Å²) in [5.41, 5.74) is 4.26. The highest BCUT2D eigenvalue weighted by Crippen LogP contribution is 2.24. The van der Waals surface area contributed by atoms with Crippen LogP contribution in [0.4, 0.5) is 5.69 Å². The number of nitrogens with zero attached hydrogens (tertiary/aromatic N) is 1. The number of ether oxygens (including phenoxy) is 1. The first-order valence-corrected chi connectivity index (χ1v) is 12.2. The summed E-state index contributed by atoms with van der Waals surface area (Å²) in [6, 6.07) is 15.1. The van der Waals surface area contributed by atoms with E-state index in [1.807, 2.05) is 60.8 Å². The Kier molecular flexibility index (Phi) is 6.72. The van der Waals surface area contributed by atoms with E-state index >= 15 is 0 Å². The Hall–Kier alpha value is -2.35.